The third-order valence-corrected chi connectivity index (χ3v) is 6.01. The number of thiophene rings is 1. The third kappa shape index (κ3) is 6.91. The standard InChI is InChI=1S/C25H28N2O2S2/c1-3-5-9-18-12-14-20(15-13-18)26-25(30)27-23-22(24(28)29-4-2)17-21(31-23)16-19-10-7-6-8-11-19/h6-8,10-15,17H,3-5,9,16H2,1-2H3,(H2,26,27,30). The monoisotopic (exact) mass is 452 g/mol. The van der Waals surface area contributed by atoms with Crippen molar-refractivity contribution in [1.29, 1.82) is 0 Å². The second kappa shape index (κ2) is 11.6. The largest absolute Gasteiger partial charge is 0.462 e. The molecule has 162 valence electrons. The van der Waals surface area contributed by atoms with E-state index in [0.29, 0.717) is 22.3 Å². The number of carbonyl (C=O) groups is 1. The van der Waals surface area contributed by atoms with Crippen molar-refractivity contribution in [2.45, 2.75) is 39.5 Å². The zero-order chi connectivity index (χ0) is 22.1. The van der Waals surface area contributed by atoms with E-state index in [-0.39, 0.29) is 5.97 Å². The number of thiocarbonyl (C=S) groups is 1. The van der Waals surface area contributed by atoms with E-state index in [1.807, 2.05) is 36.4 Å². The number of nitrogens with one attached hydrogen (secondary N) is 2. The van der Waals surface area contributed by atoms with Crippen molar-refractivity contribution in [3.8, 4) is 0 Å². The topological polar surface area (TPSA) is 50.4 Å². The van der Waals surface area contributed by atoms with Crippen LogP contribution in [0.4, 0.5) is 10.7 Å². The molecule has 0 atom stereocenters. The molecule has 0 saturated carbocycles. The summed E-state index contributed by atoms with van der Waals surface area (Å²) in [5.41, 5.74) is 3.93. The van der Waals surface area contributed by atoms with Crippen LogP contribution in [0.15, 0.2) is 60.7 Å². The number of unbranched alkanes of at least 4 members (excludes halogenated alkanes) is 1. The lowest BCUT2D eigenvalue weighted by Crippen LogP contribution is -2.20. The van der Waals surface area contributed by atoms with E-state index in [1.54, 1.807) is 6.92 Å². The van der Waals surface area contributed by atoms with Gasteiger partial charge in [-0.2, -0.15) is 0 Å². The quantitative estimate of drug-likeness (QED) is 0.281. The molecule has 0 saturated heterocycles. The van der Waals surface area contributed by atoms with Crippen LogP contribution in [0.25, 0.3) is 0 Å². The van der Waals surface area contributed by atoms with Crippen LogP contribution in [-0.2, 0) is 17.6 Å². The molecule has 1 heterocycles. The van der Waals surface area contributed by atoms with Crippen LogP contribution in [0, 0.1) is 0 Å². The van der Waals surface area contributed by atoms with Crippen LogP contribution in [0.2, 0.25) is 0 Å². The van der Waals surface area contributed by atoms with E-state index in [0.717, 1.165) is 23.4 Å². The van der Waals surface area contributed by atoms with Crippen molar-refractivity contribution in [2.24, 2.45) is 0 Å². The summed E-state index contributed by atoms with van der Waals surface area (Å²) in [6, 6.07) is 20.4. The summed E-state index contributed by atoms with van der Waals surface area (Å²) >= 11 is 7.02. The Morgan fingerprint density at radius 3 is 2.42 bits per heavy atom. The van der Waals surface area contributed by atoms with Gasteiger partial charge in [-0.25, -0.2) is 4.79 Å². The van der Waals surface area contributed by atoms with Crippen molar-refractivity contribution in [3.05, 3.63) is 82.2 Å². The lowest BCUT2D eigenvalue weighted by molar-refractivity contribution is 0.0528. The second-order valence-electron chi connectivity index (χ2n) is 7.22. The Kier molecular flexibility index (Phi) is 8.62. The maximum Gasteiger partial charge on any atom is 0.341 e. The predicted octanol–water partition coefficient (Wildman–Crippen LogP) is 6.67. The molecule has 0 bridgehead atoms. The Labute approximate surface area is 193 Å². The molecule has 6 heteroatoms. The van der Waals surface area contributed by atoms with Gasteiger partial charge in [0.05, 0.1) is 12.2 Å². The Bertz CT molecular complexity index is 998. The van der Waals surface area contributed by atoms with Crippen LogP contribution in [0.3, 0.4) is 0 Å². The van der Waals surface area contributed by atoms with Crippen molar-refractivity contribution >= 4 is 45.3 Å². The number of aryl methyl sites for hydroxylation is 1. The first kappa shape index (κ1) is 23.0. The molecule has 3 aromatic rings. The fourth-order valence-corrected chi connectivity index (χ4v) is 4.55. The minimum atomic E-state index is -0.344. The molecule has 0 amide bonds. The number of ether oxygens (including phenoxy) is 1. The first-order valence-corrected chi connectivity index (χ1v) is 11.8. The van der Waals surface area contributed by atoms with Gasteiger partial charge in [-0.05, 0) is 61.3 Å². The highest BCUT2D eigenvalue weighted by Crippen LogP contribution is 2.31. The molecule has 1 aromatic heterocycles. The van der Waals surface area contributed by atoms with Gasteiger partial charge in [0.2, 0.25) is 0 Å². The van der Waals surface area contributed by atoms with Gasteiger partial charge in [-0.15, -0.1) is 11.3 Å². The lowest BCUT2D eigenvalue weighted by atomic mass is 10.1. The van der Waals surface area contributed by atoms with Crippen molar-refractivity contribution in [3.63, 3.8) is 0 Å². The van der Waals surface area contributed by atoms with Gasteiger partial charge in [-0.1, -0.05) is 55.8 Å². The number of anilines is 2. The van der Waals surface area contributed by atoms with Crippen LogP contribution in [0.1, 0.15) is 53.1 Å². The highest BCUT2D eigenvalue weighted by atomic mass is 32.1. The molecule has 0 unspecified atom stereocenters. The number of benzene rings is 2. The van der Waals surface area contributed by atoms with Gasteiger partial charge in [-0.3, -0.25) is 0 Å². The molecule has 0 spiro atoms. The number of esters is 1. The molecular formula is C25H28N2O2S2. The minimum Gasteiger partial charge on any atom is -0.462 e. The van der Waals surface area contributed by atoms with Gasteiger partial charge in [0, 0.05) is 17.0 Å². The zero-order valence-corrected chi connectivity index (χ0v) is 19.6. The average Bonchev–Trinajstić information content (AvgIpc) is 3.16. The van der Waals surface area contributed by atoms with Gasteiger partial charge in [0.15, 0.2) is 5.11 Å². The average molecular weight is 453 g/mol. The predicted molar refractivity (Wildman–Crippen MR) is 134 cm³/mol. The Balaban J connectivity index is 1.70. The molecule has 4 nitrogen and oxygen atoms in total. The third-order valence-electron chi connectivity index (χ3n) is 4.76. The van der Waals surface area contributed by atoms with Gasteiger partial charge in [0.25, 0.3) is 0 Å². The maximum atomic E-state index is 12.5. The highest BCUT2D eigenvalue weighted by Gasteiger charge is 2.18. The van der Waals surface area contributed by atoms with E-state index in [2.05, 4.69) is 41.8 Å². The van der Waals surface area contributed by atoms with Gasteiger partial charge in [0.1, 0.15) is 5.00 Å². The van der Waals surface area contributed by atoms with E-state index in [9.17, 15) is 4.79 Å². The molecule has 0 fully saturated rings. The first-order chi connectivity index (χ1) is 15.1. The molecule has 31 heavy (non-hydrogen) atoms. The van der Waals surface area contributed by atoms with Crippen LogP contribution in [-0.4, -0.2) is 17.7 Å². The zero-order valence-electron chi connectivity index (χ0n) is 17.9. The van der Waals surface area contributed by atoms with Crippen LogP contribution >= 0.6 is 23.6 Å². The summed E-state index contributed by atoms with van der Waals surface area (Å²) in [6.45, 7) is 4.33. The fourth-order valence-electron chi connectivity index (χ4n) is 3.18. The number of hydrogen-bond acceptors (Lipinski definition) is 4. The number of rotatable bonds is 9. The molecule has 0 aliphatic rings. The van der Waals surface area contributed by atoms with E-state index in [1.165, 1.54) is 35.3 Å². The smallest absolute Gasteiger partial charge is 0.341 e. The van der Waals surface area contributed by atoms with Crippen LogP contribution in [0.5, 0.6) is 0 Å². The van der Waals surface area contributed by atoms with E-state index >= 15 is 0 Å². The molecule has 3 rings (SSSR count). The normalized spacial score (nSPS) is 10.5. The molecule has 2 aromatic carbocycles. The van der Waals surface area contributed by atoms with Gasteiger partial charge < -0.3 is 15.4 Å². The molecule has 2 N–H and O–H groups in total. The number of carbonyl (C=O) groups excluding carboxylic acids is 1. The van der Waals surface area contributed by atoms with Crippen molar-refractivity contribution in [2.75, 3.05) is 17.2 Å². The summed E-state index contributed by atoms with van der Waals surface area (Å²) in [6.07, 6.45) is 4.21. The highest BCUT2D eigenvalue weighted by molar-refractivity contribution is 7.80. The second-order valence-corrected chi connectivity index (χ2v) is 8.76. The lowest BCUT2D eigenvalue weighted by Gasteiger charge is -2.11. The van der Waals surface area contributed by atoms with Crippen molar-refractivity contribution < 1.29 is 9.53 Å². The minimum absolute atomic E-state index is 0.329. The molecule has 0 aliphatic carbocycles. The Morgan fingerprint density at radius 1 is 1.00 bits per heavy atom. The molecule has 0 radical (unpaired) electrons. The summed E-state index contributed by atoms with van der Waals surface area (Å²) in [7, 11) is 0. The van der Waals surface area contributed by atoms with Crippen molar-refractivity contribution in [1.82, 2.24) is 0 Å². The maximum absolute atomic E-state index is 12.5. The molecular weight excluding hydrogens is 424 g/mol. The summed E-state index contributed by atoms with van der Waals surface area (Å²) in [5, 5.41) is 7.54. The Hall–Kier alpha value is -2.70. The summed E-state index contributed by atoms with van der Waals surface area (Å²) in [4.78, 5) is 13.5. The first-order valence-electron chi connectivity index (χ1n) is 10.6. The SMILES string of the molecule is CCCCc1ccc(NC(=S)Nc2sc(Cc3ccccc3)cc2C(=O)OCC)cc1. The number of hydrogen-bond donors (Lipinski definition) is 2. The Morgan fingerprint density at radius 2 is 1.74 bits per heavy atom. The van der Waals surface area contributed by atoms with Crippen LogP contribution < -0.4 is 10.6 Å². The van der Waals surface area contributed by atoms with E-state index in [4.69, 9.17) is 17.0 Å². The summed E-state index contributed by atoms with van der Waals surface area (Å²) < 4.78 is 5.24. The van der Waals surface area contributed by atoms with Gasteiger partial charge >= 0.3 is 5.97 Å². The molecule has 0 aliphatic heterocycles. The summed E-state index contributed by atoms with van der Waals surface area (Å²) in [5.74, 6) is -0.344. The van der Waals surface area contributed by atoms with E-state index < -0.39 is 0 Å². The fraction of sp³-hybridized carbons (Fsp3) is 0.280.